The van der Waals surface area contributed by atoms with Crippen molar-refractivity contribution in [2.45, 2.75) is 83.4 Å². The third kappa shape index (κ3) is 9.96. The lowest BCUT2D eigenvalue weighted by molar-refractivity contribution is -0.277. The highest BCUT2D eigenvalue weighted by Crippen LogP contribution is 2.44. The van der Waals surface area contributed by atoms with Gasteiger partial charge in [-0.05, 0) is 53.5 Å². The summed E-state index contributed by atoms with van der Waals surface area (Å²) in [6, 6.07) is 5.62. The smallest absolute Gasteiger partial charge is 0.421 e. The first-order chi connectivity index (χ1) is 16.2. The SMILES string of the molecule is CO[C@@](CC[S@](=N)(=O)CC[C@H](NC(=O)OC(C)(C)C)C(=O)OC(C)(C)C)(c1ccccc1)C(F)(F)F. The number of esters is 1. The lowest BCUT2D eigenvalue weighted by atomic mass is 9.90. The molecule has 1 amide bonds. The van der Waals surface area contributed by atoms with Gasteiger partial charge in [-0.25, -0.2) is 13.8 Å². The van der Waals surface area contributed by atoms with Gasteiger partial charge in [-0.15, -0.1) is 0 Å². The van der Waals surface area contributed by atoms with Crippen molar-refractivity contribution in [3.05, 3.63) is 35.9 Å². The Bertz CT molecular complexity index is 986. The summed E-state index contributed by atoms with van der Waals surface area (Å²) in [5, 5.41) is 2.35. The maximum Gasteiger partial charge on any atom is 0.421 e. The van der Waals surface area contributed by atoms with Gasteiger partial charge in [-0.1, -0.05) is 30.3 Å². The number of benzene rings is 1. The minimum absolute atomic E-state index is 0.173. The molecule has 0 saturated heterocycles. The fourth-order valence-electron chi connectivity index (χ4n) is 3.28. The van der Waals surface area contributed by atoms with Gasteiger partial charge >= 0.3 is 18.2 Å². The van der Waals surface area contributed by atoms with Gasteiger partial charge in [-0.2, -0.15) is 13.2 Å². The van der Waals surface area contributed by atoms with E-state index in [2.05, 4.69) is 5.32 Å². The summed E-state index contributed by atoms with van der Waals surface area (Å²) in [5.41, 5.74) is -4.68. The molecular weight excluding hydrogens is 501 g/mol. The Morgan fingerprint density at radius 2 is 1.50 bits per heavy atom. The Labute approximate surface area is 211 Å². The van der Waals surface area contributed by atoms with Crippen LogP contribution >= 0.6 is 0 Å². The average Bonchev–Trinajstić information content (AvgIpc) is 2.69. The molecule has 0 heterocycles. The number of amides is 1. The van der Waals surface area contributed by atoms with Crippen LogP contribution in [0.25, 0.3) is 0 Å². The molecule has 3 atom stereocenters. The fourth-order valence-corrected chi connectivity index (χ4v) is 4.72. The van der Waals surface area contributed by atoms with Gasteiger partial charge in [0.05, 0.1) is 0 Å². The molecule has 2 N–H and O–H groups in total. The van der Waals surface area contributed by atoms with Crippen molar-refractivity contribution in [3.8, 4) is 0 Å². The summed E-state index contributed by atoms with van der Waals surface area (Å²) >= 11 is 0. The molecule has 0 aromatic heterocycles. The van der Waals surface area contributed by atoms with Crippen LogP contribution < -0.4 is 5.32 Å². The van der Waals surface area contributed by atoms with E-state index in [9.17, 15) is 27.0 Å². The van der Waals surface area contributed by atoms with E-state index in [1.54, 1.807) is 47.6 Å². The number of carbonyl (C=O) groups is 2. The Hall–Kier alpha value is -2.34. The molecule has 0 fully saturated rings. The summed E-state index contributed by atoms with van der Waals surface area (Å²) in [7, 11) is -2.70. The maximum absolute atomic E-state index is 14.1. The third-order valence-corrected chi connectivity index (χ3v) is 6.71. The largest absolute Gasteiger partial charge is 0.458 e. The molecule has 1 aromatic rings. The average molecular weight is 539 g/mol. The molecule has 206 valence electrons. The van der Waals surface area contributed by atoms with E-state index in [1.165, 1.54) is 24.3 Å². The molecule has 0 radical (unpaired) electrons. The van der Waals surface area contributed by atoms with E-state index in [-0.39, 0.29) is 12.0 Å². The van der Waals surface area contributed by atoms with Crippen LogP contribution in [-0.2, 0) is 34.3 Å². The monoisotopic (exact) mass is 538 g/mol. The van der Waals surface area contributed by atoms with Crippen molar-refractivity contribution in [1.82, 2.24) is 5.32 Å². The van der Waals surface area contributed by atoms with Gasteiger partial charge in [0, 0.05) is 34.8 Å². The quantitative estimate of drug-likeness (QED) is 0.398. The van der Waals surface area contributed by atoms with Crippen molar-refractivity contribution < 1.29 is 41.2 Å². The van der Waals surface area contributed by atoms with Crippen LogP contribution in [0.2, 0.25) is 0 Å². The van der Waals surface area contributed by atoms with Gasteiger partial charge in [0.1, 0.15) is 17.2 Å². The number of ether oxygens (including phenoxy) is 3. The first-order valence-corrected chi connectivity index (χ1v) is 13.2. The highest BCUT2D eigenvalue weighted by molar-refractivity contribution is 7.92. The number of carbonyl (C=O) groups excluding carboxylic acids is 2. The summed E-state index contributed by atoms with van der Waals surface area (Å²) < 4.78 is 78.8. The number of halogens is 3. The van der Waals surface area contributed by atoms with Crippen molar-refractivity contribution in [2.75, 3.05) is 18.6 Å². The van der Waals surface area contributed by atoms with Gasteiger partial charge in [-0.3, -0.25) is 4.78 Å². The third-order valence-electron chi connectivity index (χ3n) is 4.95. The van der Waals surface area contributed by atoms with E-state index < -0.39 is 68.7 Å². The first-order valence-electron chi connectivity index (χ1n) is 11.4. The van der Waals surface area contributed by atoms with Crippen molar-refractivity contribution in [3.63, 3.8) is 0 Å². The van der Waals surface area contributed by atoms with Crippen LogP contribution in [0.4, 0.5) is 18.0 Å². The summed E-state index contributed by atoms with van der Waals surface area (Å²) in [4.78, 5) is 24.9. The summed E-state index contributed by atoms with van der Waals surface area (Å²) in [6.07, 6.45) is -6.82. The highest BCUT2D eigenvalue weighted by atomic mass is 32.2. The van der Waals surface area contributed by atoms with E-state index in [4.69, 9.17) is 19.0 Å². The first kappa shape index (κ1) is 31.7. The Balaban J connectivity index is 3.06. The zero-order valence-electron chi connectivity index (χ0n) is 21.8. The standard InChI is InChI=1S/C24H37F3N2O6S/c1-21(2,3)34-19(30)18(29-20(31)35-22(4,5)6)13-15-36(28,32)16-14-23(33-7,24(25,26)27)17-11-9-8-10-12-17/h8-12,18,28H,13-16H2,1-7H3,(H,29,31)/t18-,23-,36+/m0/s1. The van der Waals surface area contributed by atoms with Crippen LogP contribution in [-0.4, -0.2) is 58.3 Å². The summed E-state index contributed by atoms with van der Waals surface area (Å²) in [6.45, 7) is 9.74. The molecule has 0 aliphatic heterocycles. The number of nitrogens with one attached hydrogen (secondary N) is 2. The second-order valence-corrected chi connectivity index (χ2v) is 12.8. The molecule has 1 aromatic carbocycles. The van der Waals surface area contributed by atoms with Crippen LogP contribution in [0, 0.1) is 4.78 Å². The second kappa shape index (κ2) is 11.8. The number of rotatable bonds is 10. The zero-order chi connectivity index (χ0) is 28.0. The number of hydrogen-bond donors (Lipinski definition) is 2. The van der Waals surface area contributed by atoms with Crippen LogP contribution in [0.15, 0.2) is 30.3 Å². The van der Waals surface area contributed by atoms with Crippen LogP contribution in [0.1, 0.15) is 59.9 Å². The topological polar surface area (TPSA) is 115 Å². The predicted molar refractivity (Wildman–Crippen MR) is 130 cm³/mol. The molecule has 0 aliphatic carbocycles. The van der Waals surface area contributed by atoms with Crippen molar-refractivity contribution in [1.29, 1.82) is 4.78 Å². The van der Waals surface area contributed by atoms with Gasteiger partial charge in [0.15, 0.2) is 5.60 Å². The lowest BCUT2D eigenvalue weighted by Gasteiger charge is -2.35. The van der Waals surface area contributed by atoms with Gasteiger partial charge in [0.2, 0.25) is 0 Å². The van der Waals surface area contributed by atoms with Crippen LogP contribution in [0.3, 0.4) is 0 Å². The normalized spacial score (nSPS) is 16.8. The van der Waals surface area contributed by atoms with E-state index >= 15 is 0 Å². The molecular formula is C24H37F3N2O6S. The second-order valence-electron chi connectivity index (χ2n) is 10.4. The molecule has 8 nitrogen and oxygen atoms in total. The predicted octanol–water partition coefficient (Wildman–Crippen LogP) is 5.15. The van der Waals surface area contributed by atoms with Gasteiger partial charge < -0.3 is 19.5 Å². The molecule has 36 heavy (non-hydrogen) atoms. The Kier molecular flexibility index (Phi) is 10.4. The van der Waals surface area contributed by atoms with E-state index in [0.717, 1.165) is 7.11 Å². The Morgan fingerprint density at radius 1 is 0.972 bits per heavy atom. The highest BCUT2D eigenvalue weighted by Gasteiger charge is 2.56. The van der Waals surface area contributed by atoms with E-state index in [1.807, 2.05) is 0 Å². The minimum atomic E-state index is -4.84. The molecule has 0 aliphatic rings. The molecule has 1 rings (SSSR count). The fraction of sp³-hybridized carbons (Fsp3) is 0.667. The summed E-state index contributed by atoms with van der Waals surface area (Å²) in [5.74, 6) is -1.95. The maximum atomic E-state index is 14.1. The van der Waals surface area contributed by atoms with Crippen molar-refractivity contribution >= 4 is 21.8 Å². The van der Waals surface area contributed by atoms with Gasteiger partial charge in [0.25, 0.3) is 0 Å². The Morgan fingerprint density at radius 3 is 1.94 bits per heavy atom. The molecule has 12 heteroatoms. The molecule has 0 unspecified atom stereocenters. The molecule has 0 saturated carbocycles. The molecule has 0 bridgehead atoms. The number of alkyl halides is 3. The number of methoxy groups -OCH3 is 1. The van der Waals surface area contributed by atoms with Crippen LogP contribution in [0.5, 0.6) is 0 Å². The zero-order valence-corrected chi connectivity index (χ0v) is 22.6. The molecule has 0 spiro atoms. The van der Waals surface area contributed by atoms with Crippen molar-refractivity contribution in [2.24, 2.45) is 0 Å². The lowest BCUT2D eigenvalue weighted by Crippen LogP contribution is -2.47. The van der Waals surface area contributed by atoms with E-state index in [0.29, 0.717) is 0 Å². The number of alkyl carbamates (subject to hydrolysis) is 1. The minimum Gasteiger partial charge on any atom is -0.458 e. The number of hydrogen-bond acceptors (Lipinski definition) is 7.